The van der Waals surface area contributed by atoms with Crippen molar-refractivity contribution in [2.75, 3.05) is 20.3 Å². The Morgan fingerprint density at radius 1 is 1.00 bits per heavy atom. The zero-order valence-corrected chi connectivity index (χ0v) is 18.3. The van der Waals surface area contributed by atoms with Gasteiger partial charge in [0.1, 0.15) is 6.61 Å². The topological polar surface area (TPSA) is 93.7 Å². The number of carbonyl (C=O) groups is 3. The number of esters is 1. The number of nitrogens with one attached hydrogen (secondary N) is 2. The first-order chi connectivity index (χ1) is 15.5. The average molecular weight is 437 g/mol. The summed E-state index contributed by atoms with van der Waals surface area (Å²) < 4.78 is 10.4. The number of hydrogen-bond donors (Lipinski definition) is 2. The molecule has 0 aliphatic heterocycles. The molecular formula is C25H28N2O5. The smallest absolute Gasteiger partial charge is 0.407 e. The average Bonchev–Trinajstić information content (AvgIpc) is 3.13. The van der Waals surface area contributed by atoms with Gasteiger partial charge >= 0.3 is 12.1 Å². The first kappa shape index (κ1) is 23.1. The van der Waals surface area contributed by atoms with E-state index >= 15 is 0 Å². The van der Waals surface area contributed by atoms with E-state index in [9.17, 15) is 14.4 Å². The summed E-state index contributed by atoms with van der Waals surface area (Å²) in [4.78, 5) is 35.8. The Morgan fingerprint density at radius 2 is 1.62 bits per heavy atom. The van der Waals surface area contributed by atoms with E-state index in [2.05, 4.69) is 34.9 Å². The molecule has 168 valence electrons. The van der Waals surface area contributed by atoms with Gasteiger partial charge < -0.3 is 20.1 Å². The second-order valence-electron chi connectivity index (χ2n) is 7.40. The van der Waals surface area contributed by atoms with Crippen LogP contribution in [0.1, 0.15) is 36.8 Å². The number of amides is 2. The standard InChI is InChI=1S/C25H28N2O5/c1-3-31-24(29)15-13-17(12-14-23(28)26-2)27-25(30)32-16-22-20-10-6-4-8-18(20)19-9-5-7-11-21(19)22/h4-11,13,15,17,22H,3,12,14,16H2,1-2H3,(H,26,28)(H,27,30)/b15-13+/t17-/m0/s1. The van der Waals surface area contributed by atoms with Crippen LogP contribution in [0.4, 0.5) is 4.79 Å². The van der Waals surface area contributed by atoms with Crippen LogP contribution in [0.5, 0.6) is 0 Å². The van der Waals surface area contributed by atoms with Gasteiger partial charge in [-0.05, 0) is 35.6 Å². The molecule has 2 N–H and O–H groups in total. The highest BCUT2D eigenvalue weighted by Gasteiger charge is 2.29. The maximum atomic E-state index is 12.5. The Balaban J connectivity index is 1.64. The molecule has 2 amide bonds. The van der Waals surface area contributed by atoms with Crippen molar-refractivity contribution in [1.29, 1.82) is 0 Å². The molecule has 0 saturated carbocycles. The SMILES string of the molecule is CCOC(=O)/C=C/[C@H](CCC(=O)NC)NC(=O)OCC1c2ccccc2-c2ccccc21. The van der Waals surface area contributed by atoms with Crippen LogP contribution in [0.25, 0.3) is 11.1 Å². The normalized spacial score (nSPS) is 13.2. The molecule has 0 fully saturated rings. The number of rotatable bonds is 9. The second kappa shape index (κ2) is 11.1. The van der Waals surface area contributed by atoms with E-state index in [1.807, 2.05) is 24.3 Å². The number of ether oxygens (including phenoxy) is 2. The number of benzene rings is 2. The maximum Gasteiger partial charge on any atom is 0.407 e. The Hall–Kier alpha value is -3.61. The molecule has 3 rings (SSSR count). The van der Waals surface area contributed by atoms with Gasteiger partial charge in [-0.3, -0.25) is 4.79 Å². The lowest BCUT2D eigenvalue weighted by Crippen LogP contribution is -2.35. The predicted octanol–water partition coefficient (Wildman–Crippen LogP) is 3.54. The zero-order chi connectivity index (χ0) is 22.9. The van der Waals surface area contributed by atoms with Crippen molar-refractivity contribution in [2.24, 2.45) is 0 Å². The zero-order valence-electron chi connectivity index (χ0n) is 18.3. The van der Waals surface area contributed by atoms with Crippen molar-refractivity contribution < 1.29 is 23.9 Å². The van der Waals surface area contributed by atoms with Crippen molar-refractivity contribution in [3.8, 4) is 11.1 Å². The molecule has 0 unspecified atom stereocenters. The second-order valence-corrected chi connectivity index (χ2v) is 7.40. The molecule has 1 aliphatic carbocycles. The number of hydrogen-bond acceptors (Lipinski definition) is 5. The van der Waals surface area contributed by atoms with Gasteiger partial charge in [0.2, 0.25) is 5.91 Å². The van der Waals surface area contributed by atoms with Gasteiger partial charge in [-0.15, -0.1) is 0 Å². The molecule has 0 saturated heterocycles. The Bertz CT molecular complexity index is 956. The summed E-state index contributed by atoms with van der Waals surface area (Å²) in [7, 11) is 1.55. The minimum absolute atomic E-state index is 0.0486. The molecule has 0 aromatic heterocycles. The summed E-state index contributed by atoms with van der Waals surface area (Å²) >= 11 is 0. The number of carbonyl (C=O) groups excluding carboxylic acids is 3. The van der Waals surface area contributed by atoms with E-state index < -0.39 is 18.1 Å². The van der Waals surface area contributed by atoms with E-state index in [0.29, 0.717) is 6.42 Å². The van der Waals surface area contributed by atoms with Crippen LogP contribution in [0.2, 0.25) is 0 Å². The summed E-state index contributed by atoms with van der Waals surface area (Å²) in [5, 5.41) is 5.27. The summed E-state index contributed by atoms with van der Waals surface area (Å²) in [6.45, 7) is 2.15. The van der Waals surface area contributed by atoms with Crippen molar-refractivity contribution in [3.63, 3.8) is 0 Å². The van der Waals surface area contributed by atoms with Crippen LogP contribution in [0, 0.1) is 0 Å². The fraction of sp³-hybridized carbons (Fsp3) is 0.320. The van der Waals surface area contributed by atoms with E-state index in [1.54, 1.807) is 14.0 Å². The lowest BCUT2D eigenvalue weighted by molar-refractivity contribution is -0.137. The van der Waals surface area contributed by atoms with Crippen LogP contribution >= 0.6 is 0 Å². The fourth-order valence-electron chi connectivity index (χ4n) is 3.80. The van der Waals surface area contributed by atoms with Gasteiger partial charge in [0, 0.05) is 25.5 Å². The lowest BCUT2D eigenvalue weighted by atomic mass is 9.98. The molecule has 0 radical (unpaired) electrons. The van der Waals surface area contributed by atoms with Crippen molar-refractivity contribution >= 4 is 18.0 Å². The quantitative estimate of drug-likeness (QED) is 0.463. The molecule has 0 spiro atoms. The third-order valence-corrected chi connectivity index (χ3v) is 5.36. The molecule has 2 aromatic rings. The molecule has 1 aliphatic rings. The van der Waals surface area contributed by atoms with Crippen LogP contribution in [-0.4, -0.2) is 44.3 Å². The minimum Gasteiger partial charge on any atom is -0.463 e. The summed E-state index contributed by atoms with van der Waals surface area (Å²) in [5.74, 6) is -0.715. The van der Waals surface area contributed by atoms with Gasteiger partial charge in [-0.2, -0.15) is 0 Å². The van der Waals surface area contributed by atoms with Gasteiger partial charge in [-0.1, -0.05) is 54.6 Å². The van der Waals surface area contributed by atoms with Gasteiger partial charge in [0.25, 0.3) is 0 Å². The van der Waals surface area contributed by atoms with E-state index in [-0.39, 0.29) is 31.5 Å². The van der Waals surface area contributed by atoms with Gasteiger partial charge in [-0.25, -0.2) is 9.59 Å². The molecular weight excluding hydrogens is 408 g/mol. The highest BCUT2D eigenvalue weighted by Crippen LogP contribution is 2.44. The molecule has 0 heterocycles. The molecule has 7 heteroatoms. The number of alkyl carbamates (subject to hydrolysis) is 1. The van der Waals surface area contributed by atoms with E-state index in [1.165, 1.54) is 12.2 Å². The molecule has 0 bridgehead atoms. The minimum atomic E-state index is -0.609. The Kier molecular flexibility index (Phi) is 8.02. The van der Waals surface area contributed by atoms with E-state index in [0.717, 1.165) is 22.3 Å². The Morgan fingerprint density at radius 3 is 2.22 bits per heavy atom. The summed E-state index contributed by atoms with van der Waals surface area (Å²) in [5.41, 5.74) is 4.55. The summed E-state index contributed by atoms with van der Waals surface area (Å²) in [6, 6.07) is 15.7. The highest BCUT2D eigenvalue weighted by molar-refractivity contribution is 5.82. The van der Waals surface area contributed by atoms with Crippen molar-refractivity contribution in [2.45, 2.75) is 31.7 Å². The van der Waals surface area contributed by atoms with Gasteiger partial charge in [0.15, 0.2) is 0 Å². The Labute approximate surface area is 187 Å². The van der Waals surface area contributed by atoms with Gasteiger partial charge in [0.05, 0.1) is 12.6 Å². The molecule has 1 atom stereocenters. The highest BCUT2D eigenvalue weighted by atomic mass is 16.5. The third kappa shape index (κ3) is 5.75. The van der Waals surface area contributed by atoms with Crippen LogP contribution in [0.3, 0.4) is 0 Å². The fourth-order valence-corrected chi connectivity index (χ4v) is 3.80. The monoisotopic (exact) mass is 436 g/mol. The van der Waals surface area contributed by atoms with Crippen molar-refractivity contribution in [3.05, 3.63) is 71.8 Å². The molecule has 2 aromatic carbocycles. The van der Waals surface area contributed by atoms with E-state index in [4.69, 9.17) is 9.47 Å². The van der Waals surface area contributed by atoms with Crippen molar-refractivity contribution in [1.82, 2.24) is 10.6 Å². The molecule has 7 nitrogen and oxygen atoms in total. The van der Waals surface area contributed by atoms with Crippen LogP contribution in [-0.2, 0) is 19.1 Å². The number of fused-ring (bicyclic) bond motifs is 3. The van der Waals surface area contributed by atoms with Crippen LogP contribution < -0.4 is 10.6 Å². The van der Waals surface area contributed by atoms with Crippen LogP contribution in [0.15, 0.2) is 60.7 Å². The maximum absolute atomic E-state index is 12.5. The third-order valence-electron chi connectivity index (χ3n) is 5.36. The molecule has 32 heavy (non-hydrogen) atoms. The lowest BCUT2D eigenvalue weighted by Gasteiger charge is -2.18. The first-order valence-electron chi connectivity index (χ1n) is 10.7. The summed E-state index contributed by atoms with van der Waals surface area (Å²) in [6.07, 6.45) is 2.67. The largest absolute Gasteiger partial charge is 0.463 e. The first-order valence-corrected chi connectivity index (χ1v) is 10.7. The predicted molar refractivity (Wildman–Crippen MR) is 121 cm³/mol.